The number of anilines is 1. The molecule has 8 nitrogen and oxygen atoms in total. The summed E-state index contributed by atoms with van der Waals surface area (Å²) in [5.74, 6) is -2.40. The third-order valence-corrected chi connectivity index (χ3v) is 8.26. The second-order valence-electron chi connectivity index (χ2n) is 11.2. The molecule has 0 saturated carbocycles. The number of hydrogen-bond donors (Lipinski definition) is 2. The molecule has 0 radical (unpaired) electrons. The number of halogens is 3. The number of fused-ring (bicyclic) bond motifs is 1. The van der Waals surface area contributed by atoms with E-state index in [1.54, 1.807) is 17.9 Å². The summed E-state index contributed by atoms with van der Waals surface area (Å²) >= 11 is 6.60. The van der Waals surface area contributed by atoms with Crippen LogP contribution in [0.3, 0.4) is 0 Å². The third kappa shape index (κ3) is 5.59. The number of ether oxygens (including phenoxy) is 1. The Morgan fingerprint density at radius 1 is 1.27 bits per heavy atom. The van der Waals surface area contributed by atoms with Gasteiger partial charge in [0.05, 0.1) is 47.7 Å². The van der Waals surface area contributed by atoms with Gasteiger partial charge >= 0.3 is 0 Å². The second kappa shape index (κ2) is 11.3. The minimum absolute atomic E-state index is 0.0378. The highest BCUT2D eigenvalue weighted by molar-refractivity contribution is 6.33. The molecular formula is C29H36ClF2N5O3. The highest BCUT2D eigenvalue weighted by Gasteiger charge is 2.36. The van der Waals surface area contributed by atoms with Crippen LogP contribution < -0.4 is 10.7 Å². The molecule has 1 aromatic carbocycles. The normalized spacial score (nSPS) is 21.7. The van der Waals surface area contributed by atoms with E-state index in [0.29, 0.717) is 53.6 Å². The lowest BCUT2D eigenvalue weighted by Gasteiger charge is -2.34. The van der Waals surface area contributed by atoms with E-state index in [-0.39, 0.29) is 43.6 Å². The van der Waals surface area contributed by atoms with E-state index in [1.165, 1.54) is 6.20 Å². The molecule has 0 bridgehead atoms. The van der Waals surface area contributed by atoms with Crippen molar-refractivity contribution in [1.29, 1.82) is 0 Å². The van der Waals surface area contributed by atoms with E-state index in [2.05, 4.69) is 14.9 Å². The van der Waals surface area contributed by atoms with Crippen LogP contribution in [-0.4, -0.2) is 68.9 Å². The summed E-state index contributed by atoms with van der Waals surface area (Å²) in [6, 6.07) is 3.34. The van der Waals surface area contributed by atoms with Gasteiger partial charge in [-0.25, -0.2) is 18.7 Å². The van der Waals surface area contributed by atoms with E-state index in [4.69, 9.17) is 21.3 Å². The van der Waals surface area contributed by atoms with Crippen LogP contribution in [0.5, 0.6) is 0 Å². The summed E-state index contributed by atoms with van der Waals surface area (Å²) in [4.78, 5) is 24.4. The minimum atomic E-state index is -2.73. The molecular weight excluding hydrogens is 540 g/mol. The lowest BCUT2D eigenvalue weighted by Crippen LogP contribution is -2.43. The van der Waals surface area contributed by atoms with Gasteiger partial charge in [-0.1, -0.05) is 17.7 Å². The van der Waals surface area contributed by atoms with Crippen molar-refractivity contribution in [3.8, 4) is 11.3 Å². The summed E-state index contributed by atoms with van der Waals surface area (Å²) < 4.78 is 35.9. The van der Waals surface area contributed by atoms with Crippen LogP contribution in [0.4, 0.5) is 14.7 Å². The maximum Gasteiger partial charge on any atom is 0.260 e. The molecule has 2 saturated heterocycles. The number of hydrogen-bond acceptors (Lipinski definition) is 7. The molecule has 216 valence electrons. The van der Waals surface area contributed by atoms with Gasteiger partial charge < -0.3 is 19.7 Å². The molecule has 2 aromatic heterocycles. The fraction of sp³-hybridized carbons (Fsp3) is 0.552. The molecule has 0 unspecified atom stereocenters. The van der Waals surface area contributed by atoms with Crippen LogP contribution in [-0.2, 0) is 11.3 Å². The van der Waals surface area contributed by atoms with Crippen molar-refractivity contribution >= 4 is 28.5 Å². The standard InChI is InChI=1S/C29H36ClF2N5O3/c1-16(2)37-23(13-36-10-5-9-29(31,32)15-36)18(4)27(39)20-7-6-19(17(3)26(20)37)25-21(30)12-33-28(35-25)34-22-8-11-40-14-24(22)38/h6-7,12,16,22,24,38H,5,8-11,13-15H2,1-4H3,(H,33,34,35)/t22-,24-/m1/s1. The number of nitrogens with zero attached hydrogens (tertiary/aromatic N) is 4. The van der Waals surface area contributed by atoms with E-state index in [1.807, 2.05) is 26.8 Å². The Labute approximate surface area is 237 Å². The number of aromatic nitrogens is 3. The average molecular weight is 576 g/mol. The van der Waals surface area contributed by atoms with Crippen LogP contribution >= 0.6 is 11.6 Å². The summed E-state index contributed by atoms with van der Waals surface area (Å²) in [6.45, 7) is 9.06. The molecule has 4 heterocycles. The van der Waals surface area contributed by atoms with E-state index in [0.717, 1.165) is 22.3 Å². The predicted molar refractivity (Wildman–Crippen MR) is 152 cm³/mol. The molecule has 3 aromatic rings. The van der Waals surface area contributed by atoms with Gasteiger partial charge in [0.1, 0.15) is 0 Å². The number of likely N-dealkylation sites (tertiary alicyclic amines) is 1. The van der Waals surface area contributed by atoms with Crippen molar-refractivity contribution in [2.75, 3.05) is 31.6 Å². The number of benzene rings is 1. The first kappa shape index (κ1) is 28.9. The second-order valence-corrected chi connectivity index (χ2v) is 11.6. The average Bonchev–Trinajstić information content (AvgIpc) is 2.89. The number of alkyl halides is 2. The Bertz CT molecular complexity index is 1480. The lowest BCUT2D eigenvalue weighted by molar-refractivity contribution is -0.0666. The quantitative estimate of drug-likeness (QED) is 0.422. The summed E-state index contributed by atoms with van der Waals surface area (Å²) in [6.07, 6.45) is 1.77. The first-order valence-corrected chi connectivity index (χ1v) is 14.2. The zero-order valence-electron chi connectivity index (χ0n) is 23.3. The van der Waals surface area contributed by atoms with Crippen molar-refractivity contribution in [2.24, 2.45) is 0 Å². The number of rotatable bonds is 6. The molecule has 2 fully saturated rings. The van der Waals surface area contributed by atoms with Crippen molar-refractivity contribution in [1.82, 2.24) is 19.4 Å². The summed E-state index contributed by atoms with van der Waals surface area (Å²) in [5, 5.41) is 14.4. The zero-order valence-corrected chi connectivity index (χ0v) is 24.1. The smallest absolute Gasteiger partial charge is 0.260 e. The molecule has 2 aliphatic rings. The van der Waals surface area contributed by atoms with Crippen LogP contribution in [0, 0.1) is 13.8 Å². The third-order valence-electron chi connectivity index (χ3n) is 7.98. The zero-order chi connectivity index (χ0) is 28.8. The molecule has 0 amide bonds. The van der Waals surface area contributed by atoms with Crippen LogP contribution in [0.1, 0.15) is 56.0 Å². The van der Waals surface area contributed by atoms with Gasteiger partial charge in [-0.2, -0.15) is 0 Å². The Balaban J connectivity index is 1.62. The topological polar surface area (TPSA) is 92.5 Å². The largest absolute Gasteiger partial charge is 0.389 e. The van der Waals surface area contributed by atoms with Crippen LogP contribution in [0.25, 0.3) is 22.2 Å². The first-order chi connectivity index (χ1) is 19.0. The molecule has 2 aliphatic heterocycles. The SMILES string of the molecule is Cc1c(CN2CCCC(F)(F)C2)n(C(C)C)c2c(C)c(-c3nc(N[C@@H]4CCOC[C@H]4O)ncc3Cl)ccc2c1=O. The van der Waals surface area contributed by atoms with Gasteiger partial charge in [-0.05, 0) is 58.7 Å². The van der Waals surface area contributed by atoms with E-state index in [9.17, 15) is 18.7 Å². The Morgan fingerprint density at radius 3 is 2.75 bits per heavy atom. The molecule has 2 N–H and O–H groups in total. The number of aliphatic hydroxyl groups excluding tert-OH is 1. The fourth-order valence-corrected chi connectivity index (χ4v) is 6.13. The Kier molecular flexibility index (Phi) is 8.16. The summed E-state index contributed by atoms with van der Waals surface area (Å²) in [7, 11) is 0. The summed E-state index contributed by atoms with van der Waals surface area (Å²) in [5.41, 5.74) is 4.00. The Morgan fingerprint density at radius 2 is 2.05 bits per heavy atom. The molecule has 40 heavy (non-hydrogen) atoms. The van der Waals surface area contributed by atoms with Gasteiger partial charge in [0, 0.05) is 47.8 Å². The number of piperidine rings is 1. The van der Waals surface area contributed by atoms with E-state index < -0.39 is 12.0 Å². The van der Waals surface area contributed by atoms with Gasteiger partial charge in [0.2, 0.25) is 5.95 Å². The van der Waals surface area contributed by atoms with E-state index >= 15 is 0 Å². The maximum absolute atomic E-state index is 14.2. The van der Waals surface area contributed by atoms with Crippen molar-refractivity contribution in [2.45, 2.75) is 77.6 Å². The molecule has 5 rings (SSSR count). The maximum atomic E-state index is 14.2. The van der Waals surface area contributed by atoms with Crippen molar-refractivity contribution in [3.05, 3.63) is 50.4 Å². The highest BCUT2D eigenvalue weighted by Crippen LogP contribution is 2.35. The number of pyridine rings is 1. The number of aryl methyl sites for hydroxylation is 1. The minimum Gasteiger partial charge on any atom is -0.389 e. The van der Waals surface area contributed by atoms with Crippen LogP contribution in [0.15, 0.2) is 23.1 Å². The fourth-order valence-electron chi connectivity index (χ4n) is 5.94. The molecule has 0 spiro atoms. The number of nitrogens with one attached hydrogen (secondary N) is 1. The molecule has 2 atom stereocenters. The highest BCUT2D eigenvalue weighted by atomic mass is 35.5. The predicted octanol–water partition coefficient (Wildman–Crippen LogP) is 5.10. The number of aliphatic hydroxyl groups is 1. The molecule has 0 aliphatic carbocycles. The first-order valence-electron chi connectivity index (χ1n) is 13.8. The van der Waals surface area contributed by atoms with Crippen LogP contribution in [0.2, 0.25) is 5.02 Å². The molecule has 11 heteroatoms. The van der Waals surface area contributed by atoms with Gasteiger partial charge in [-0.15, -0.1) is 0 Å². The van der Waals surface area contributed by atoms with Crippen molar-refractivity contribution < 1.29 is 18.6 Å². The van der Waals surface area contributed by atoms with Gasteiger partial charge in [0.15, 0.2) is 5.43 Å². The monoisotopic (exact) mass is 575 g/mol. The lowest BCUT2D eigenvalue weighted by atomic mass is 9.97. The Hall–Kier alpha value is -2.66. The van der Waals surface area contributed by atoms with Crippen molar-refractivity contribution in [3.63, 3.8) is 0 Å². The van der Waals surface area contributed by atoms with Gasteiger partial charge in [-0.3, -0.25) is 9.69 Å². The van der Waals surface area contributed by atoms with Gasteiger partial charge in [0.25, 0.3) is 5.92 Å².